The molecule has 0 saturated carbocycles. The SMILES string of the molecule is CC[C@@H](C(=O)NC(C)C)N(Cc1ccc(F)cc1)C(=O)CCCN(c1cccc(Cl)c1C)S(C)(=O)=O. The van der Waals surface area contributed by atoms with Crippen molar-refractivity contribution >= 4 is 39.1 Å². The van der Waals surface area contributed by atoms with Crippen LogP contribution in [0.5, 0.6) is 0 Å². The van der Waals surface area contributed by atoms with E-state index in [2.05, 4.69) is 5.32 Å². The quantitative estimate of drug-likeness (QED) is 0.425. The maximum atomic E-state index is 13.4. The molecule has 7 nitrogen and oxygen atoms in total. The van der Waals surface area contributed by atoms with Crippen molar-refractivity contribution < 1.29 is 22.4 Å². The highest BCUT2D eigenvalue weighted by Gasteiger charge is 2.29. The maximum Gasteiger partial charge on any atom is 0.243 e. The summed E-state index contributed by atoms with van der Waals surface area (Å²) in [6, 6.07) is 10.0. The van der Waals surface area contributed by atoms with Gasteiger partial charge in [-0.15, -0.1) is 0 Å². The van der Waals surface area contributed by atoms with Gasteiger partial charge in [-0.3, -0.25) is 13.9 Å². The Labute approximate surface area is 218 Å². The Kier molecular flexibility index (Phi) is 10.7. The van der Waals surface area contributed by atoms with Gasteiger partial charge in [0.25, 0.3) is 0 Å². The number of amides is 2. The molecule has 1 atom stereocenters. The molecule has 1 N–H and O–H groups in total. The van der Waals surface area contributed by atoms with Crippen LogP contribution in [0.1, 0.15) is 51.2 Å². The van der Waals surface area contributed by atoms with E-state index in [0.29, 0.717) is 28.3 Å². The predicted molar refractivity (Wildman–Crippen MR) is 142 cm³/mol. The van der Waals surface area contributed by atoms with Crippen LogP contribution in [-0.4, -0.2) is 50.0 Å². The van der Waals surface area contributed by atoms with E-state index in [1.54, 1.807) is 37.3 Å². The first-order chi connectivity index (χ1) is 16.8. The minimum Gasteiger partial charge on any atom is -0.352 e. The molecule has 0 aliphatic carbocycles. The second kappa shape index (κ2) is 13.1. The number of hydrogen-bond acceptors (Lipinski definition) is 4. The second-order valence-corrected chi connectivity index (χ2v) is 11.4. The van der Waals surface area contributed by atoms with E-state index in [-0.39, 0.29) is 43.8 Å². The van der Waals surface area contributed by atoms with E-state index in [4.69, 9.17) is 11.6 Å². The van der Waals surface area contributed by atoms with Crippen molar-refractivity contribution in [3.63, 3.8) is 0 Å². The van der Waals surface area contributed by atoms with Crippen molar-refractivity contribution in [1.29, 1.82) is 0 Å². The van der Waals surface area contributed by atoms with Crippen LogP contribution in [0.15, 0.2) is 42.5 Å². The van der Waals surface area contributed by atoms with Gasteiger partial charge in [0.15, 0.2) is 0 Å². The molecule has 2 rings (SSSR count). The molecule has 2 aromatic carbocycles. The van der Waals surface area contributed by atoms with Gasteiger partial charge >= 0.3 is 0 Å². The number of carbonyl (C=O) groups is 2. The Morgan fingerprint density at radius 3 is 2.31 bits per heavy atom. The first-order valence-electron chi connectivity index (χ1n) is 11.9. The molecule has 2 aromatic rings. The summed E-state index contributed by atoms with van der Waals surface area (Å²) in [6.07, 6.45) is 1.76. The smallest absolute Gasteiger partial charge is 0.243 e. The van der Waals surface area contributed by atoms with Crippen molar-refractivity contribution in [1.82, 2.24) is 10.2 Å². The molecule has 0 radical (unpaired) electrons. The molecule has 0 saturated heterocycles. The van der Waals surface area contributed by atoms with Crippen molar-refractivity contribution in [3.8, 4) is 0 Å². The van der Waals surface area contributed by atoms with Crippen LogP contribution in [0.25, 0.3) is 0 Å². The summed E-state index contributed by atoms with van der Waals surface area (Å²) in [5.74, 6) is -0.949. The lowest BCUT2D eigenvalue weighted by molar-refractivity contribution is -0.141. The first-order valence-corrected chi connectivity index (χ1v) is 14.1. The second-order valence-electron chi connectivity index (χ2n) is 9.06. The van der Waals surface area contributed by atoms with Crippen LogP contribution in [0.2, 0.25) is 5.02 Å². The molecule has 0 unspecified atom stereocenters. The summed E-state index contributed by atoms with van der Waals surface area (Å²) in [6.45, 7) is 7.45. The number of sulfonamides is 1. The molecule has 2 amide bonds. The highest BCUT2D eigenvalue weighted by Crippen LogP contribution is 2.28. The van der Waals surface area contributed by atoms with Crippen LogP contribution in [0.4, 0.5) is 10.1 Å². The normalized spacial score (nSPS) is 12.3. The molecule has 198 valence electrons. The van der Waals surface area contributed by atoms with Gasteiger partial charge in [0.1, 0.15) is 11.9 Å². The van der Waals surface area contributed by atoms with Gasteiger partial charge in [-0.2, -0.15) is 0 Å². The fourth-order valence-corrected chi connectivity index (χ4v) is 5.12. The van der Waals surface area contributed by atoms with Crippen LogP contribution >= 0.6 is 11.6 Å². The zero-order valence-electron chi connectivity index (χ0n) is 21.4. The zero-order valence-corrected chi connectivity index (χ0v) is 23.0. The van der Waals surface area contributed by atoms with Crippen LogP contribution in [0, 0.1) is 12.7 Å². The first kappa shape index (κ1) is 29.6. The van der Waals surface area contributed by atoms with E-state index < -0.39 is 21.9 Å². The average molecular weight is 540 g/mol. The Bertz CT molecular complexity index is 1160. The molecule has 0 bridgehead atoms. The molecule has 36 heavy (non-hydrogen) atoms. The number of nitrogens with one attached hydrogen (secondary N) is 1. The largest absolute Gasteiger partial charge is 0.352 e. The van der Waals surface area contributed by atoms with Crippen LogP contribution < -0.4 is 9.62 Å². The standard InChI is InChI=1S/C26H35ClFN3O4S/c1-6-23(26(33)29-18(2)3)30(17-20-12-14-21(28)15-13-20)25(32)11-8-16-31(36(5,34)35)24-10-7-9-22(27)19(24)4/h7,9-10,12-15,18,23H,6,8,11,16-17H2,1-5H3,(H,29,33)/t23-/m0/s1. The fraction of sp³-hybridized carbons (Fsp3) is 0.462. The Morgan fingerprint density at radius 2 is 1.75 bits per heavy atom. The van der Waals surface area contributed by atoms with Crippen molar-refractivity contribution in [3.05, 3.63) is 64.4 Å². The molecule has 0 fully saturated rings. The molecular weight excluding hydrogens is 505 g/mol. The topological polar surface area (TPSA) is 86.8 Å². The van der Waals surface area contributed by atoms with E-state index in [1.807, 2.05) is 20.8 Å². The molecule has 0 heterocycles. The van der Waals surface area contributed by atoms with Crippen molar-refractivity contribution in [2.45, 2.75) is 65.6 Å². The molecule has 0 aliphatic rings. The van der Waals surface area contributed by atoms with E-state index in [9.17, 15) is 22.4 Å². The number of nitrogens with zero attached hydrogens (tertiary/aromatic N) is 2. The maximum absolute atomic E-state index is 13.4. The summed E-state index contributed by atoms with van der Waals surface area (Å²) in [7, 11) is -3.63. The lowest BCUT2D eigenvalue weighted by atomic mass is 10.1. The van der Waals surface area contributed by atoms with Gasteiger partial charge in [0.2, 0.25) is 21.8 Å². The van der Waals surface area contributed by atoms with Crippen molar-refractivity contribution in [2.75, 3.05) is 17.1 Å². The Morgan fingerprint density at radius 1 is 1.11 bits per heavy atom. The number of benzene rings is 2. The molecule has 0 aromatic heterocycles. The van der Waals surface area contributed by atoms with Crippen LogP contribution in [0.3, 0.4) is 0 Å². The minimum absolute atomic E-state index is 0.0261. The van der Waals surface area contributed by atoms with E-state index in [1.165, 1.54) is 21.3 Å². The summed E-state index contributed by atoms with van der Waals surface area (Å²) in [4.78, 5) is 27.7. The molecule has 10 heteroatoms. The predicted octanol–water partition coefficient (Wildman–Crippen LogP) is 4.67. The number of carbonyl (C=O) groups excluding carboxylic acids is 2. The lowest BCUT2D eigenvalue weighted by Crippen LogP contribution is -2.50. The van der Waals surface area contributed by atoms with Gasteiger partial charge in [0.05, 0.1) is 11.9 Å². The number of halogens is 2. The van der Waals surface area contributed by atoms with Crippen molar-refractivity contribution in [2.24, 2.45) is 0 Å². The van der Waals surface area contributed by atoms with Gasteiger partial charge in [-0.1, -0.05) is 36.7 Å². The fourth-order valence-electron chi connectivity index (χ4n) is 3.94. The van der Waals surface area contributed by atoms with Gasteiger partial charge < -0.3 is 10.2 Å². The Balaban J connectivity index is 2.24. The number of anilines is 1. The third kappa shape index (κ3) is 8.20. The van der Waals surface area contributed by atoms with E-state index >= 15 is 0 Å². The summed E-state index contributed by atoms with van der Waals surface area (Å²) in [5.41, 5.74) is 1.78. The number of hydrogen-bond donors (Lipinski definition) is 1. The van der Waals surface area contributed by atoms with E-state index in [0.717, 1.165) is 6.26 Å². The number of rotatable bonds is 12. The summed E-state index contributed by atoms with van der Waals surface area (Å²) < 4.78 is 39.7. The molecule has 0 aliphatic heterocycles. The Hall–Kier alpha value is -2.65. The summed E-state index contributed by atoms with van der Waals surface area (Å²) >= 11 is 6.19. The highest BCUT2D eigenvalue weighted by atomic mass is 35.5. The van der Waals surface area contributed by atoms with Gasteiger partial charge in [-0.05, 0) is 69.0 Å². The molecular formula is C26H35ClFN3O4S. The zero-order chi connectivity index (χ0) is 27.0. The van der Waals surface area contributed by atoms with Gasteiger partial charge in [-0.25, -0.2) is 12.8 Å². The van der Waals surface area contributed by atoms with Crippen LogP contribution in [-0.2, 0) is 26.2 Å². The minimum atomic E-state index is -3.63. The average Bonchev–Trinajstić information content (AvgIpc) is 2.78. The molecule has 0 spiro atoms. The third-order valence-corrected chi connectivity index (χ3v) is 7.33. The lowest BCUT2D eigenvalue weighted by Gasteiger charge is -2.31. The monoisotopic (exact) mass is 539 g/mol. The van der Waals surface area contributed by atoms with Gasteiger partial charge in [0, 0.05) is 30.6 Å². The third-order valence-electron chi connectivity index (χ3n) is 5.74. The highest BCUT2D eigenvalue weighted by molar-refractivity contribution is 7.92. The summed E-state index contributed by atoms with van der Waals surface area (Å²) in [5, 5.41) is 3.31.